The second kappa shape index (κ2) is 2.36. The van der Waals surface area contributed by atoms with Gasteiger partial charge in [-0.05, 0) is 6.08 Å². The van der Waals surface area contributed by atoms with Crippen molar-refractivity contribution in [1.29, 1.82) is 0 Å². The Morgan fingerprint density at radius 1 is 1.89 bits per heavy atom. The summed E-state index contributed by atoms with van der Waals surface area (Å²) in [5.41, 5.74) is 0. The molecule has 0 saturated carbocycles. The first kappa shape index (κ1) is 5.90. The van der Waals surface area contributed by atoms with Gasteiger partial charge in [0.1, 0.15) is 0 Å². The van der Waals surface area contributed by atoms with Crippen LogP contribution in [-0.2, 0) is 4.79 Å². The first-order valence-electron chi connectivity index (χ1n) is 2.71. The van der Waals surface area contributed by atoms with Crippen LogP contribution in [0, 0.1) is 12.3 Å². The van der Waals surface area contributed by atoms with E-state index in [1.54, 1.807) is 11.1 Å². The van der Waals surface area contributed by atoms with Crippen molar-refractivity contribution in [2.75, 3.05) is 13.1 Å². The summed E-state index contributed by atoms with van der Waals surface area (Å²) < 4.78 is 0. The predicted molar refractivity (Wildman–Crippen MR) is 34.6 cm³/mol. The number of hydrogen-bond acceptors (Lipinski definition) is 2. The zero-order valence-corrected chi connectivity index (χ0v) is 5.00. The highest BCUT2D eigenvalue weighted by Gasteiger charge is 2.08. The number of rotatable bonds is 1. The molecule has 0 aromatic carbocycles. The molecule has 0 N–H and O–H groups in total. The molecule has 9 heavy (non-hydrogen) atoms. The molecular weight excluding hydrogens is 114 g/mol. The van der Waals surface area contributed by atoms with E-state index in [2.05, 4.69) is 5.92 Å². The van der Waals surface area contributed by atoms with Crippen LogP contribution in [0.1, 0.15) is 0 Å². The Balaban J connectivity index is 2.43. The standard InChI is InChI=1S/C7H7NO/c1-2-4-8-5-3-7(9)6-8/h1,3,5H,4,6H2. The lowest BCUT2D eigenvalue weighted by Crippen LogP contribution is -2.17. The van der Waals surface area contributed by atoms with E-state index < -0.39 is 0 Å². The van der Waals surface area contributed by atoms with Gasteiger partial charge in [-0.1, -0.05) is 5.92 Å². The largest absolute Gasteiger partial charge is 0.359 e. The molecule has 0 fully saturated rings. The number of carbonyl (C=O) groups is 1. The van der Waals surface area contributed by atoms with Crippen molar-refractivity contribution in [3.8, 4) is 12.3 Å². The summed E-state index contributed by atoms with van der Waals surface area (Å²) in [4.78, 5) is 12.3. The molecule has 0 bridgehead atoms. The van der Waals surface area contributed by atoms with Crippen LogP contribution >= 0.6 is 0 Å². The highest BCUT2D eigenvalue weighted by molar-refractivity contribution is 5.93. The van der Waals surface area contributed by atoms with Gasteiger partial charge in [0, 0.05) is 6.20 Å². The zero-order chi connectivity index (χ0) is 6.69. The summed E-state index contributed by atoms with van der Waals surface area (Å²) in [7, 11) is 0. The third-order valence-electron chi connectivity index (χ3n) is 1.12. The first-order valence-corrected chi connectivity index (χ1v) is 2.71. The van der Waals surface area contributed by atoms with Gasteiger partial charge in [-0.3, -0.25) is 4.79 Å². The van der Waals surface area contributed by atoms with Gasteiger partial charge in [-0.15, -0.1) is 6.42 Å². The summed E-state index contributed by atoms with van der Waals surface area (Å²) in [6.45, 7) is 0.979. The van der Waals surface area contributed by atoms with Gasteiger partial charge in [-0.25, -0.2) is 0 Å². The molecule has 1 rings (SSSR count). The minimum absolute atomic E-state index is 0.130. The molecule has 1 aliphatic rings. The second-order valence-corrected chi connectivity index (χ2v) is 1.89. The number of hydrogen-bond donors (Lipinski definition) is 0. The highest BCUT2D eigenvalue weighted by atomic mass is 16.1. The molecule has 0 amide bonds. The maximum atomic E-state index is 10.5. The van der Waals surface area contributed by atoms with Crippen molar-refractivity contribution in [3.05, 3.63) is 12.3 Å². The quantitative estimate of drug-likeness (QED) is 0.456. The van der Waals surface area contributed by atoms with E-state index in [9.17, 15) is 4.79 Å². The van der Waals surface area contributed by atoms with E-state index in [-0.39, 0.29) is 5.78 Å². The van der Waals surface area contributed by atoms with Crippen molar-refractivity contribution in [3.63, 3.8) is 0 Å². The summed E-state index contributed by atoms with van der Waals surface area (Å²) in [6, 6.07) is 0. The third kappa shape index (κ3) is 1.33. The molecule has 0 aliphatic carbocycles. The van der Waals surface area contributed by atoms with Gasteiger partial charge in [0.2, 0.25) is 0 Å². The van der Waals surface area contributed by atoms with E-state index in [4.69, 9.17) is 6.42 Å². The Bertz CT molecular complexity index is 188. The molecule has 0 spiro atoms. The molecule has 2 heteroatoms. The average molecular weight is 121 g/mol. The number of terminal acetylenes is 1. The second-order valence-electron chi connectivity index (χ2n) is 1.89. The summed E-state index contributed by atoms with van der Waals surface area (Å²) >= 11 is 0. The molecular formula is C7H7NO. The van der Waals surface area contributed by atoms with Gasteiger partial charge in [0.15, 0.2) is 5.78 Å². The molecule has 0 aromatic rings. The lowest BCUT2D eigenvalue weighted by Gasteiger charge is -2.07. The van der Waals surface area contributed by atoms with E-state index in [1.807, 2.05) is 0 Å². The van der Waals surface area contributed by atoms with Crippen LogP contribution in [0.25, 0.3) is 0 Å². The van der Waals surface area contributed by atoms with Crippen LogP contribution in [0.5, 0.6) is 0 Å². The van der Waals surface area contributed by atoms with Crippen LogP contribution in [0.15, 0.2) is 12.3 Å². The van der Waals surface area contributed by atoms with Crippen LogP contribution < -0.4 is 0 Å². The van der Waals surface area contributed by atoms with Crippen LogP contribution in [0.4, 0.5) is 0 Å². The van der Waals surface area contributed by atoms with Crippen molar-refractivity contribution >= 4 is 5.78 Å². The van der Waals surface area contributed by atoms with Crippen LogP contribution in [-0.4, -0.2) is 23.8 Å². The molecule has 2 nitrogen and oxygen atoms in total. The fourth-order valence-electron chi connectivity index (χ4n) is 0.720. The third-order valence-corrected chi connectivity index (χ3v) is 1.12. The van der Waals surface area contributed by atoms with Gasteiger partial charge in [0.25, 0.3) is 0 Å². The first-order chi connectivity index (χ1) is 4.33. The molecule has 1 aliphatic heterocycles. The molecule has 0 aromatic heterocycles. The smallest absolute Gasteiger partial charge is 0.176 e. The Morgan fingerprint density at radius 2 is 2.67 bits per heavy atom. The highest BCUT2D eigenvalue weighted by Crippen LogP contribution is 1.97. The maximum Gasteiger partial charge on any atom is 0.176 e. The van der Waals surface area contributed by atoms with Crippen molar-refractivity contribution < 1.29 is 4.79 Å². The Kier molecular flexibility index (Phi) is 1.55. The van der Waals surface area contributed by atoms with E-state index in [1.165, 1.54) is 6.08 Å². The molecule has 1 heterocycles. The molecule has 0 saturated heterocycles. The zero-order valence-electron chi connectivity index (χ0n) is 5.00. The number of nitrogens with zero attached hydrogens (tertiary/aromatic N) is 1. The monoisotopic (exact) mass is 121 g/mol. The lowest BCUT2D eigenvalue weighted by atomic mass is 10.4. The summed E-state index contributed by atoms with van der Waals surface area (Å²) in [5, 5.41) is 0. The van der Waals surface area contributed by atoms with E-state index in [0.29, 0.717) is 13.1 Å². The fraction of sp³-hybridized carbons (Fsp3) is 0.286. The normalized spacial score (nSPS) is 16.3. The minimum atomic E-state index is 0.130. The van der Waals surface area contributed by atoms with Gasteiger partial charge in [-0.2, -0.15) is 0 Å². The van der Waals surface area contributed by atoms with Gasteiger partial charge in [0.05, 0.1) is 13.1 Å². The van der Waals surface area contributed by atoms with Crippen molar-refractivity contribution in [1.82, 2.24) is 4.90 Å². The van der Waals surface area contributed by atoms with E-state index in [0.717, 1.165) is 0 Å². The Morgan fingerprint density at radius 3 is 3.11 bits per heavy atom. The molecule has 0 radical (unpaired) electrons. The predicted octanol–water partition coefficient (Wildman–Crippen LogP) is 0.0180. The number of carbonyl (C=O) groups excluding carboxylic acids is 1. The summed E-state index contributed by atoms with van der Waals surface area (Å²) in [6.07, 6.45) is 8.28. The molecule has 0 atom stereocenters. The maximum absolute atomic E-state index is 10.5. The molecule has 46 valence electrons. The molecule has 0 unspecified atom stereocenters. The fourth-order valence-corrected chi connectivity index (χ4v) is 0.720. The van der Waals surface area contributed by atoms with E-state index >= 15 is 0 Å². The number of ketones is 1. The van der Waals surface area contributed by atoms with Crippen molar-refractivity contribution in [2.24, 2.45) is 0 Å². The Labute approximate surface area is 54.2 Å². The van der Waals surface area contributed by atoms with Crippen LogP contribution in [0.3, 0.4) is 0 Å². The Hall–Kier alpha value is -1.23. The average Bonchev–Trinajstić information content (AvgIpc) is 2.17. The van der Waals surface area contributed by atoms with Crippen LogP contribution in [0.2, 0.25) is 0 Å². The summed E-state index contributed by atoms with van der Waals surface area (Å²) in [5.74, 6) is 2.58. The van der Waals surface area contributed by atoms with Crippen molar-refractivity contribution in [2.45, 2.75) is 0 Å². The SMILES string of the molecule is C#CCN1C=CC(=O)C1. The lowest BCUT2D eigenvalue weighted by molar-refractivity contribution is -0.114. The minimum Gasteiger partial charge on any atom is -0.359 e. The van der Waals surface area contributed by atoms with Gasteiger partial charge < -0.3 is 4.90 Å². The van der Waals surface area contributed by atoms with Gasteiger partial charge >= 0.3 is 0 Å². The topological polar surface area (TPSA) is 20.3 Å².